The molecule has 0 amide bonds. The first-order valence-electron chi connectivity index (χ1n) is 3.63. The van der Waals surface area contributed by atoms with Gasteiger partial charge in [-0.05, 0) is 12.1 Å². The molecule has 0 saturated heterocycles. The van der Waals surface area contributed by atoms with E-state index in [-0.39, 0.29) is 11.4 Å². The molecule has 2 aromatic rings. The van der Waals surface area contributed by atoms with Gasteiger partial charge in [0.1, 0.15) is 11.4 Å². The molecule has 0 atom stereocenters. The van der Waals surface area contributed by atoms with E-state index in [0.717, 1.165) is 0 Å². The van der Waals surface area contributed by atoms with Crippen LogP contribution in [0.15, 0.2) is 18.2 Å². The lowest BCUT2D eigenvalue weighted by molar-refractivity contribution is 0.147. The maximum absolute atomic E-state index is 12.3. The minimum absolute atomic E-state index is 0.0137. The number of phenols is 1. The Balaban J connectivity index is 2.69. The molecule has 2 N–H and O–H groups in total. The number of nitrogens with zero attached hydrogens (tertiary/aromatic N) is 1. The highest BCUT2D eigenvalue weighted by Crippen LogP contribution is 2.27. The summed E-state index contributed by atoms with van der Waals surface area (Å²) >= 11 is 0. The Hall–Kier alpha value is -1.65. The van der Waals surface area contributed by atoms with Crippen molar-refractivity contribution in [3.05, 3.63) is 23.9 Å². The van der Waals surface area contributed by atoms with Crippen molar-refractivity contribution in [2.24, 2.45) is 0 Å². The SMILES string of the molecule is Oc1ccc2c(C(F)F)[nH]nc2c1. The summed E-state index contributed by atoms with van der Waals surface area (Å²) < 4.78 is 24.6. The third-order valence-corrected chi connectivity index (χ3v) is 1.79. The summed E-state index contributed by atoms with van der Waals surface area (Å²) in [6, 6.07) is 4.09. The summed E-state index contributed by atoms with van der Waals surface area (Å²) in [6.07, 6.45) is -2.57. The highest BCUT2D eigenvalue weighted by molar-refractivity contribution is 5.82. The number of fused-ring (bicyclic) bond motifs is 1. The van der Waals surface area contributed by atoms with Crippen LogP contribution in [-0.2, 0) is 0 Å². The second-order valence-corrected chi connectivity index (χ2v) is 2.64. The van der Waals surface area contributed by atoms with Gasteiger partial charge in [0.2, 0.25) is 0 Å². The number of benzene rings is 1. The molecule has 68 valence electrons. The van der Waals surface area contributed by atoms with E-state index in [1.807, 2.05) is 0 Å². The molecule has 0 aliphatic rings. The molecular weight excluding hydrogens is 178 g/mol. The van der Waals surface area contributed by atoms with Gasteiger partial charge in [-0.2, -0.15) is 5.10 Å². The lowest BCUT2D eigenvalue weighted by atomic mass is 10.2. The summed E-state index contributed by atoms with van der Waals surface area (Å²) in [7, 11) is 0. The number of halogens is 2. The fourth-order valence-electron chi connectivity index (χ4n) is 1.19. The third-order valence-electron chi connectivity index (χ3n) is 1.79. The number of aromatic hydroxyl groups is 1. The molecule has 13 heavy (non-hydrogen) atoms. The Bertz CT molecular complexity index is 439. The fraction of sp³-hybridized carbons (Fsp3) is 0.125. The Morgan fingerprint density at radius 2 is 2.15 bits per heavy atom. The van der Waals surface area contributed by atoms with Crippen LogP contribution < -0.4 is 0 Å². The number of nitrogens with one attached hydrogen (secondary N) is 1. The molecule has 0 bridgehead atoms. The van der Waals surface area contributed by atoms with Crippen LogP contribution in [0, 0.1) is 0 Å². The van der Waals surface area contributed by atoms with Crippen LogP contribution >= 0.6 is 0 Å². The van der Waals surface area contributed by atoms with Crippen LogP contribution in [0.4, 0.5) is 8.78 Å². The standard InChI is InChI=1S/C8H6F2N2O/c9-8(10)7-5-2-1-4(13)3-6(5)11-12-7/h1-3,8,13H,(H,11,12). The van der Waals surface area contributed by atoms with E-state index in [4.69, 9.17) is 5.11 Å². The van der Waals surface area contributed by atoms with Gasteiger partial charge in [0.15, 0.2) is 0 Å². The van der Waals surface area contributed by atoms with Gasteiger partial charge in [0, 0.05) is 11.5 Å². The topological polar surface area (TPSA) is 48.9 Å². The van der Waals surface area contributed by atoms with Crippen LogP contribution in [0.3, 0.4) is 0 Å². The lowest BCUT2D eigenvalue weighted by Gasteiger charge is -1.94. The lowest BCUT2D eigenvalue weighted by Crippen LogP contribution is -1.83. The summed E-state index contributed by atoms with van der Waals surface area (Å²) in [5.41, 5.74) is 0.130. The van der Waals surface area contributed by atoms with Crippen LogP contribution in [-0.4, -0.2) is 15.3 Å². The Labute approximate surface area is 72.0 Å². The van der Waals surface area contributed by atoms with Crippen molar-refractivity contribution in [1.82, 2.24) is 10.2 Å². The normalized spacial score (nSPS) is 11.3. The van der Waals surface area contributed by atoms with Gasteiger partial charge < -0.3 is 5.11 Å². The van der Waals surface area contributed by atoms with Crippen molar-refractivity contribution in [2.45, 2.75) is 6.43 Å². The molecule has 1 heterocycles. The first kappa shape index (κ1) is 7.97. The highest BCUT2D eigenvalue weighted by Gasteiger charge is 2.14. The van der Waals surface area contributed by atoms with E-state index in [0.29, 0.717) is 10.9 Å². The zero-order valence-electron chi connectivity index (χ0n) is 6.46. The second-order valence-electron chi connectivity index (χ2n) is 2.64. The summed E-state index contributed by atoms with van der Waals surface area (Å²) in [6.45, 7) is 0. The molecule has 0 saturated carbocycles. The average Bonchev–Trinajstić information content (AvgIpc) is 2.46. The first-order valence-corrected chi connectivity index (χ1v) is 3.63. The maximum atomic E-state index is 12.3. The summed E-state index contributed by atoms with van der Waals surface area (Å²) in [4.78, 5) is 0. The number of aromatic nitrogens is 2. The maximum Gasteiger partial charge on any atom is 0.280 e. The molecule has 3 nitrogen and oxygen atoms in total. The number of hydrogen-bond donors (Lipinski definition) is 2. The van der Waals surface area contributed by atoms with Crippen LogP contribution in [0.25, 0.3) is 10.9 Å². The number of alkyl halides is 2. The highest BCUT2D eigenvalue weighted by atomic mass is 19.3. The molecule has 5 heteroatoms. The van der Waals surface area contributed by atoms with Crippen LogP contribution in [0.1, 0.15) is 12.1 Å². The van der Waals surface area contributed by atoms with Gasteiger partial charge in [-0.1, -0.05) is 0 Å². The molecular formula is C8H6F2N2O. The first-order chi connectivity index (χ1) is 6.18. The zero-order valence-corrected chi connectivity index (χ0v) is 6.46. The van der Waals surface area contributed by atoms with E-state index in [1.165, 1.54) is 18.2 Å². The molecule has 1 aromatic carbocycles. The van der Waals surface area contributed by atoms with E-state index < -0.39 is 6.43 Å². The van der Waals surface area contributed by atoms with E-state index >= 15 is 0 Å². The van der Waals surface area contributed by atoms with Crippen molar-refractivity contribution < 1.29 is 13.9 Å². The minimum atomic E-state index is -2.57. The van der Waals surface area contributed by atoms with Crippen molar-refractivity contribution in [1.29, 1.82) is 0 Å². The van der Waals surface area contributed by atoms with Crippen LogP contribution in [0.2, 0.25) is 0 Å². The van der Waals surface area contributed by atoms with Crippen LogP contribution in [0.5, 0.6) is 5.75 Å². The Morgan fingerprint density at radius 3 is 2.85 bits per heavy atom. The predicted octanol–water partition coefficient (Wildman–Crippen LogP) is 2.21. The number of phenolic OH excluding ortho intramolecular Hbond substituents is 1. The van der Waals surface area contributed by atoms with Gasteiger partial charge >= 0.3 is 0 Å². The van der Waals surface area contributed by atoms with Gasteiger partial charge in [0.25, 0.3) is 6.43 Å². The molecule has 0 aliphatic carbocycles. The number of H-pyrrole nitrogens is 1. The second kappa shape index (κ2) is 2.69. The Morgan fingerprint density at radius 1 is 1.38 bits per heavy atom. The quantitative estimate of drug-likeness (QED) is 0.713. The minimum Gasteiger partial charge on any atom is -0.508 e. The van der Waals surface area contributed by atoms with Crippen molar-refractivity contribution in [3.63, 3.8) is 0 Å². The van der Waals surface area contributed by atoms with Gasteiger partial charge in [-0.15, -0.1) is 0 Å². The molecule has 0 aliphatic heterocycles. The summed E-state index contributed by atoms with van der Waals surface area (Å²) in [5.74, 6) is 0.0137. The third kappa shape index (κ3) is 1.22. The van der Waals surface area contributed by atoms with E-state index in [2.05, 4.69) is 10.2 Å². The summed E-state index contributed by atoms with van der Waals surface area (Å²) in [5, 5.41) is 15.2. The number of rotatable bonds is 1. The van der Waals surface area contributed by atoms with Gasteiger partial charge in [-0.25, -0.2) is 8.78 Å². The van der Waals surface area contributed by atoms with Gasteiger partial charge in [-0.3, -0.25) is 5.10 Å². The number of aromatic amines is 1. The predicted molar refractivity (Wildman–Crippen MR) is 42.7 cm³/mol. The molecule has 0 radical (unpaired) electrons. The molecule has 1 aromatic heterocycles. The number of hydrogen-bond acceptors (Lipinski definition) is 2. The monoisotopic (exact) mass is 184 g/mol. The molecule has 0 fully saturated rings. The molecule has 2 rings (SSSR count). The Kier molecular flexibility index (Phi) is 1.65. The largest absolute Gasteiger partial charge is 0.508 e. The zero-order chi connectivity index (χ0) is 9.42. The van der Waals surface area contributed by atoms with Gasteiger partial charge in [0.05, 0.1) is 5.52 Å². The molecule has 0 unspecified atom stereocenters. The average molecular weight is 184 g/mol. The molecule has 0 spiro atoms. The fourth-order valence-corrected chi connectivity index (χ4v) is 1.19. The van der Waals surface area contributed by atoms with Crippen molar-refractivity contribution >= 4 is 10.9 Å². The van der Waals surface area contributed by atoms with E-state index in [1.54, 1.807) is 0 Å². The van der Waals surface area contributed by atoms with Crippen molar-refractivity contribution in [3.8, 4) is 5.75 Å². The van der Waals surface area contributed by atoms with Crippen molar-refractivity contribution in [2.75, 3.05) is 0 Å². The smallest absolute Gasteiger partial charge is 0.280 e. The van der Waals surface area contributed by atoms with E-state index in [9.17, 15) is 8.78 Å².